The van der Waals surface area contributed by atoms with Crippen LogP contribution < -0.4 is 4.74 Å². The third kappa shape index (κ3) is 3.37. The van der Waals surface area contributed by atoms with Crippen molar-refractivity contribution in [2.75, 3.05) is 20.2 Å². The second-order valence-corrected chi connectivity index (χ2v) is 6.02. The summed E-state index contributed by atoms with van der Waals surface area (Å²) in [6, 6.07) is 4.00. The quantitative estimate of drug-likeness (QED) is 0.869. The summed E-state index contributed by atoms with van der Waals surface area (Å²) < 4.78 is 18.8. The molecule has 1 amide bonds. The van der Waals surface area contributed by atoms with Gasteiger partial charge in [-0.15, -0.1) is 0 Å². The Kier molecular flexibility index (Phi) is 4.74. The van der Waals surface area contributed by atoms with Crippen molar-refractivity contribution in [2.24, 2.45) is 0 Å². The summed E-state index contributed by atoms with van der Waals surface area (Å²) in [6.45, 7) is 3.10. The van der Waals surface area contributed by atoms with Crippen LogP contribution in [0.2, 0.25) is 0 Å². The van der Waals surface area contributed by atoms with Crippen LogP contribution in [0, 0.1) is 12.7 Å². The number of benzene rings is 1. The molecule has 0 saturated carbocycles. The number of methoxy groups -OCH3 is 1. The van der Waals surface area contributed by atoms with Gasteiger partial charge in [-0.2, -0.15) is 0 Å². The number of likely N-dealkylation sites (tertiary alicyclic amines) is 1. The molecule has 2 aromatic rings. The second kappa shape index (κ2) is 6.95. The Morgan fingerprint density at radius 1 is 1.38 bits per heavy atom. The Morgan fingerprint density at radius 3 is 2.96 bits per heavy atom. The third-order valence-corrected chi connectivity index (χ3v) is 4.29. The lowest BCUT2D eigenvalue weighted by molar-refractivity contribution is 0.0702. The lowest BCUT2D eigenvalue weighted by Gasteiger charge is -2.32. The topological polar surface area (TPSA) is 55.3 Å². The van der Waals surface area contributed by atoms with E-state index in [0.717, 1.165) is 24.2 Å². The standard InChI is InChI=1S/C18H20FN3O2/c1-12-9-20-10-16(21-12)13-4-3-7-22(11-13)18(23)15-8-14(19)5-6-17(15)24-2/h5-6,8-10,13H,3-4,7,11H2,1-2H3/t13-/m0/s1. The van der Waals surface area contributed by atoms with Gasteiger partial charge in [-0.05, 0) is 38.0 Å². The first kappa shape index (κ1) is 16.4. The maximum absolute atomic E-state index is 13.6. The number of carbonyl (C=O) groups excluding carboxylic acids is 1. The molecule has 1 fully saturated rings. The van der Waals surface area contributed by atoms with Crippen LogP contribution in [-0.2, 0) is 0 Å². The molecule has 1 aromatic carbocycles. The molecule has 5 nitrogen and oxygen atoms in total. The fraction of sp³-hybridized carbons (Fsp3) is 0.389. The molecule has 0 aliphatic carbocycles. The van der Waals surface area contributed by atoms with Crippen molar-refractivity contribution in [3.8, 4) is 5.75 Å². The van der Waals surface area contributed by atoms with Gasteiger partial charge < -0.3 is 9.64 Å². The van der Waals surface area contributed by atoms with Gasteiger partial charge in [0.15, 0.2) is 0 Å². The van der Waals surface area contributed by atoms with Crippen molar-refractivity contribution < 1.29 is 13.9 Å². The first-order valence-electron chi connectivity index (χ1n) is 8.00. The van der Waals surface area contributed by atoms with Crippen LogP contribution in [-0.4, -0.2) is 41.0 Å². The summed E-state index contributed by atoms with van der Waals surface area (Å²) in [4.78, 5) is 23.3. The molecular formula is C18H20FN3O2. The molecule has 1 aliphatic rings. The summed E-state index contributed by atoms with van der Waals surface area (Å²) >= 11 is 0. The van der Waals surface area contributed by atoms with Crippen LogP contribution in [0.25, 0.3) is 0 Å². The van der Waals surface area contributed by atoms with Crippen LogP contribution in [0.3, 0.4) is 0 Å². The van der Waals surface area contributed by atoms with E-state index in [0.29, 0.717) is 18.8 Å². The SMILES string of the molecule is COc1ccc(F)cc1C(=O)N1CCC[C@H](c2cncc(C)n2)C1. The van der Waals surface area contributed by atoms with Crippen molar-refractivity contribution in [1.82, 2.24) is 14.9 Å². The number of hydrogen-bond donors (Lipinski definition) is 0. The van der Waals surface area contributed by atoms with Crippen molar-refractivity contribution in [1.29, 1.82) is 0 Å². The van der Waals surface area contributed by atoms with E-state index in [1.165, 1.54) is 25.3 Å². The number of halogens is 1. The highest BCUT2D eigenvalue weighted by Gasteiger charge is 2.28. The molecule has 24 heavy (non-hydrogen) atoms. The van der Waals surface area contributed by atoms with E-state index in [4.69, 9.17) is 4.74 Å². The van der Waals surface area contributed by atoms with E-state index >= 15 is 0 Å². The highest BCUT2D eigenvalue weighted by Crippen LogP contribution is 2.28. The van der Waals surface area contributed by atoms with Gasteiger partial charge in [-0.1, -0.05) is 0 Å². The number of aryl methyl sites for hydroxylation is 1. The van der Waals surface area contributed by atoms with Crippen LogP contribution >= 0.6 is 0 Å². The highest BCUT2D eigenvalue weighted by atomic mass is 19.1. The second-order valence-electron chi connectivity index (χ2n) is 6.02. The molecule has 0 radical (unpaired) electrons. The van der Waals surface area contributed by atoms with Crippen molar-refractivity contribution in [3.63, 3.8) is 0 Å². The van der Waals surface area contributed by atoms with E-state index < -0.39 is 5.82 Å². The highest BCUT2D eigenvalue weighted by molar-refractivity contribution is 5.97. The molecule has 0 spiro atoms. The van der Waals surface area contributed by atoms with Crippen LogP contribution in [0.1, 0.15) is 40.5 Å². The van der Waals surface area contributed by atoms with Gasteiger partial charge in [0.05, 0.1) is 24.1 Å². The maximum atomic E-state index is 13.6. The monoisotopic (exact) mass is 329 g/mol. The van der Waals surface area contributed by atoms with E-state index in [9.17, 15) is 9.18 Å². The minimum atomic E-state index is -0.447. The summed E-state index contributed by atoms with van der Waals surface area (Å²) in [7, 11) is 1.48. The number of amides is 1. The van der Waals surface area contributed by atoms with Crippen molar-refractivity contribution >= 4 is 5.91 Å². The summed E-state index contributed by atoms with van der Waals surface area (Å²) in [6.07, 6.45) is 5.31. The van der Waals surface area contributed by atoms with E-state index in [1.807, 2.05) is 6.92 Å². The average Bonchev–Trinajstić information content (AvgIpc) is 2.61. The Morgan fingerprint density at radius 2 is 2.21 bits per heavy atom. The zero-order valence-corrected chi connectivity index (χ0v) is 13.8. The molecule has 3 rings (SSSR count). The predicted octanol–water partition coefficient (Wildman–Crippen LogP) is 2.95. The Labute approximate surface area is 140 Å². The average molecular weight is 329 g/mol. The minimum absolute atomic E-state index is 0.148. The van der Waals surface area contributed by atoms with Gasteiger partial charge in [-0.25, -0.2) is 4.39 Å². The summed E-state index contributed by atoms with van der Waals surface area (Å²) in [5, 5.41) is 0. The van der Waals surface area contributed by atoms with Gasteiger partial charge >= 0.3 is 0 Å². The fourth-order valence-corrected chi connectivity index (χ4v) is 3.10. The van der Waals surface area contributed by atoms with Crippen LogP contribution in [0.5, 0.6) is 5.75 Å². The molecule has 0 N–H and O–H groups in total. The number of ether oxygens (including phenoxy) is 1. The largest absolute Gasteiger partial charge is 0.496 e. The van der Waals surface area contributed by atoms with Gasteiger partial charge in [0.25, 0.3) is 5.91 Å². The maximum Gasteiger partial charge on any atom is 0.257 e. The molecule has 1 atom stereocenters. The van der Waals surface area contributed by atoms with Crippen molar-refractivity contribution in [2.45, 2.75) is 25.7 Å². The van der Waals surface area contributed by atoms with Gasteiger partial charge in [0.2, 0.25) is 0 Å². The van der Waals surface area contributed by atoms with Crippen molar-refractivity contribution in [3.05, 3.63) is 53.4 Å². The molecule has 2 heterocycles. The lowest BCUT2D eigenvalue weighted by atomic mass is 9.94. The predicted molar refractivity (Wildman–Crippen MR) is 87.6 cm³/mol. The normalized spacial score (nSPS) is 17.6. The summed E-state index contributed by atoms with van der Waals surface area (Å²) in [5.74, 6) is -0.123. The molecule has 1 aliphatic heterocycles. The third-order valence-electron chi connectivity index (χ3n) is 4.29. The smallest absolute Gasteiger partial charge is 0.257 e. The molecule has 0 bridgehead atoms. The number of aromatic nitrogens is 2. The first-order valence-corrected chi connectivity index (χ1v) is 8.00. The van der Waals surface area contributed by atoms with Crippen LogP contribution in [0.15, 0.2) is 30.6 Å². The van der Waals surface area contributed by atoms with E-state index in [1.54, 1.807) is 17.3 Å². The minimum Gasteiger partial charge on any atom is -0.496 e. The first-order chi connectivity index (χ1) is 11.6. The van der Waals surface area contributed by atoms with E-state index in [-0.39, 0.29) is 17.4 Å². The Balaban J connectivity index is 1.82. The van der Waals surface area contributed by atoms with Gasteiger partial charge in [0.1, 0.15) is 11.6 Å². The number of carbonyl (C=O) groups is 1. The zero-order valence-electron chi connectivity index (χ0n) is 13.8. The molecule has 6 heteroatoms. The van der Waals surface area contributed by atoms with E-state index in [2.05, 4.69) is 9.97 Å². The Hall–Kier alpha value is -2.50. The number of piperidine rings is 1. The van der Waals surface area contributed by atoms with Crippen LogP contribution in [0.4, 0.5) is 4.39 Å². The Bertz CT molecular complexity index is 751. The zero-order chi connectivity index (χ0) is 17.1. The molecular weight excluding hydrogens is 309 g/mol. The van der Waals surface area contributed by atoms with Gasteiger partial charge in [0, 0.05) is 31.4 Å². The number of rotatable bonds is 3. The summed E-state index contributed by atoms with van der Waals surface area (Å²) in [5.41, 5.74) is 2.02. The van der Waals surface area contributed by atoms with Gasteiger partial charge in [-0.3, -0.25) is 14.8 Å². The lowest BCUT2D eigenvalue weighted by Crippen LogP contribution is -2.39. The molecule has 126 valence electrons. The number of nitrogens with zero attached hydrogens (tertiary/aromatic N) is 3. The number of hydrogen-bond acceptors (Lipinski definition) is 4. The molecule has 1 aromatic heterocycles. The fourth-order valence-electron chi connectivity index (χ4n) is 3.10. The molecule has 1 saturated heterocycles. The molecule has 0 unspecified atom stereocenters.